The van der Waals surface area contributed by atoms with E-state index in [0.29, 0.717) is 11.5 Å². The highest BCUT2D eigenvalue weighted by atomic mass is 16.5. The van der Waals surface area contributed by atoms with Gasteiger partial charge in [-0.3, -0.25) is 4.79 Å². The minimum atomic E-state index is -0.675. The van der Waals surface area contributed by atoms with Gasteiger partial charge in [0.1, 0.15) is 0 Å². The molecule has 1 saturated carbocycles. The predicted octanol–water partition coefficient (Wildman–Crippen LogP) is 2.02. The maximum atomic E-state index is 12.3. The molecule has 0 aliphatic heterocycles. The lowest BCUT2D eigenvalue weighted by atomic mass is 9.97. The first-order valence-corrected chi connectivity index (χ1v) is 7.79. The van der Waals surface area contributed by atoms with E-state index in [-0.39, 0.29) is 11.9 Å². The van der Waals surface area contributed by atoms with Crippen LogP contribution in [0.25, 0.3) is 0 Å². The topological polar surface area (TPSA) is 73.6 Å². The third-order valence-corrected chi connectivity index (χ3v) is 4.32. The largest absolute Gasteiger partial charge is 0.493 e. The molecular formula is C17H26N2O3. The fraction of sp³-hybridized carbons (Fsp3) is 0.588. The zero-order valence-electron chi connectivity index (χ0n) is 13.6. The van der Waals surface area contributed by atoms with E-state index in [1.54, 1.807) is 14.2 Å². The summed E-state index contributed by atoms with van der Waals surface area (Å²) >= 11 is 0. The lowest BCUT2D eigenvalue weighted by Crippen LogP contribution is -2.54. The lowest BCUT2D eigenvalue weighted by molar-refractivity contribution is -0.126. The Morgan fingerprint density at radius 1 is 1.27 bits per heavy atom. The number of nitrogens with two attached hydrogens (primary N) is 1. The van der Waals surface area contributed by atoms with Gasteiger partial charge in [0.2, 0.25) is 5.91 Å². The molecule has 0 aromatic heterocycles. The molecule has 0 spiro atoms. The molecule has 122 valence electrons. The fourth-order valence-electron chi connectivity index (χ4n) is 3.01. The van der Waals surface area contributed by atoms with Crippen molar-refractivity contribution in [3.05, 3.63) is 23.8 Å². The average molecular weight is 306 g/mol. The quantitative estimate of drug-likeness (QED) is 0.843. The van der Waals surface area contributed by atoms with Crippen LogP contribution in [0, 0.1) is 0 Å². The predicted molar refractivity (Wildman–Crippen MR) is 86.2 cm³/mol. The van der Waals surface area contributed by atoms with Gasteiger partial charge in [-0.1, -0.05) is 18.9 Å². The summed E-state index contributed by atoms with van der Waals surface area (Å²) in [4.78, 5) is 12.3. The Labute approximate surface area is 132 Å². The molecule has 0 heterocycles. The average Bonchev–Trinajstić information content (AvgIpc) is 2.95. The zero-order chi connectivity index (χ0) is 16.2. The molecular weight excluding hydrogens is 280 g/mol. The smallest absolute Gasteiger partial charge is 0.240 e. The van der Waals surface area contributed by atoms with Crippen molar-refractivity contribution in [1.29, 1.82) is 0 Å². The highest BCUT2D eigenvalue weighted by molar-refractivity contribution is 5.86. The molecule has 5 heteroatoms. The van der Waals surface area contributed by atoms with Gasteiger partial charge in [0.25, 0.3) is 0 Å². The van der Waals surface area contributed by atoms with E-state index in [4.69, 9.17) is 15.2 Å². The molecule has 0 bridgehead atoms. The van der Waals surface area contributed by atoms with Crippen molar-refractivity contribution in [2.45, 2.75) is 50.6 Å². The molecule has 1 aliphatic rings. The van der Waals surface area contributed by atoms with Crippen LogP contribution in [0.1, 0.15) is 38.2 Å². The minimum absolute atomic E-state index is 0.0200. The second-order valence-electron chi connectivity index (χ2n) is 6.13. The Balaban J connectivity index is 1.97. The monoisotopic (exact) mass is 306 g/mol. The molecule has 3 N–H and O–H groups in total. The van der Waals surface area contributed by atoms with Crippen LogP contribution in [0.4, 0.5) is 0 Å². The molecule has 1 fully saturated rings. The molecule has 22 heavy (non-hydrogen) atoms. The fourth-order valence-corrected chi connectivity index (χ4v) is 3.01. The van der Waals surface area contributed by atoms with Crippen molar-refractivity contribution in [3.8, 4) is 11.5 Å². The first kappa shape index (κ1) is 16.6. The van der Waals surface area contributed by atoms with Crippen LogP contribution in [0.2, 0.25) is 0 Å². The molecule has 1 amide bonds. The van der Waals surface area contributed by atoms with Gasteiger partial charge in [-0.05, 0) is 43.9 Å². The van der Waals surface area contributed by atoms with Crippen molar-refractivity contribution < 1.29 is 14.3 Å². The van der Waals surface area contributed by atoms with E-state index in [2.05, 4.69) is 5.32 Å². The van der Waals surface area contributed by atoms with Crippen LogP contribution in [0.3, 0.4) is 0 Å². The molecule has 5 nitrogen and oxygen atoms in total. The van der Waals surface area contributed by atoms with Crippen molar-refractivity contribution >= 4 is 5.91 Å². The summed E-state index contributed by atoms with van der Waals surface area (Å²) in [6.45, 7) is 1.99. The van der Waals surface area contributed by atoms with Crippen LogP contribution in [-0.2, 0) is 11.2 Å². The third-order valence-electron chi connectivity index (χ3n) is 4.32. The van der Waals surface area contributed by atoms with Crippen LogP contribution in [-0.4, -0.2) is 31.7 Å². The van der Waals surface area contributed by atoms with Crippen LogP contribution in [0.15, 0.2) is 18.2 Å². The summed E-state index contributed by atoms with van der Waals surface area (Å²) < 4.78 is 10.5. The Morgan fingerprint density at radius 3 is 2.50 bits per heavy atom. The number of methoxy groups -OCH3 is 2. The van der Waals surface area contributed by atoms with Gasteiger partial charge in [-0.25, -0.2) is 0 Å². The van der Waals surface area contributed by atoms with Gasteiger partial charge in [0.05, 0.1) is 19.8 Å². The lowest BCUT2D eigenvalue weighted by Gasteiger charge is -2.25. The van der Waals surface area contributed by atoms with E-state index in [1.165, 1.54) is 0 Å². The van der Waals surface area contributed by atoms with Crippen LogP contribution >= 0.6 is 0 Å². The van der Waals surface area contributed by atoms with Gasteiger partial charge < -0.3 is 20.5 Å². The molecule has 2 rings (SSSR count). The summed E-state index contributed by atoms with van der Waals surface area (Å²) in [6.07, 6.45) is 4.36. The van der Waals surface area contributed by atoms with Crippen molar-refractivity contribution in [1.82, 2.24) is 5.32 Å². The molecule has 1 aliphatic carbocycles. The molecule has 0 saturated heterocycles. The van der Waals surface area contributed by atoms with E-state index in [0.717, 1.165) is 37.7 Å². The molecule has 1 unspecified atom stereocenters. The number of rotatable bonds is 6. The van der Waals surface area contributed by atoms with Crippen LogP contribution in [0.5, 0.6) is 11.5 Å². The number of ether oxygens (including phenoxy) is 2. The maximum absolute atomic E-state index is 12.3. The Bertz CT molecular complexity index is 525. The van der Waals surface area contributed by atoms with Gasteiger partial charge in [0, 0.05) is 6.04 Å². The van der Waals surface area contributed by atoms with E-state index < -0.39 is 5.54 Å². The third kappa shape index (κ3) is 3.71. The Kier molecular flexibility index (Phi) is 5.29. The van der Waals surface area contributed by atoms with Gasteiger partial charge in [-0.2, -0.15) is 0 Å². The molecule has 1 atom stereocenters. The number of nitrogens with one attached hydrogen (secondary N) is 1. The minimum Gasteiger partial charge on any atom is -0.493 e. The summed E-state index contributed by atoms with van der Waals surface area (Å²) in [5.74, 6) is 1.37. The second kappa shape index (κ2) is 7.01. The summed E-state index contributed by atoms with van der Waals surface area (Å²) in [5.41, 5.74) is 6.59. The highest BCUT2D eigenvalue weighted by Crippen LogP contribution is 2.29. The Hall–Kier alpha value is -1.75. The summed E-state index contributed by atoms with van der Waals surface area (Å²) in [6, 6.07) is 5.82. The maximum Gasteiger partial charge on any atom is 0.240 e. The number of amides is 1. The first-order valence-electron chi connectivity index (χ1n) is 7.79. The Morgan fingerprint density at radius 2 is 1.91 bits per heavy atom. The second-order valence-corrected chi connectivity index (χ2v) is 6.13. The number of carbonyl (C=O) groups is 1. The van der Waals surface area contributed by atoms with Crippen LogP contribution < -0.4 is 20.5 Å². The number of hydrogen-bond acceptors (Lipinski definition) is 4. The number of hydrogen-bond donors (Lipinski definition) is 2. The summed E-state index contributed by atoms with van der Waals surface area (Å²) in [7, 11) is 3.23. The normalized spacial score (nSPS) is 17.8. The number of carbonyl (C=O) groups excluding carboxylic acids is 1. The highest BCUT2D eigenvalue weighted by Gasteiger charge is 2.37. The van der Waals surface area contributed by atoms with E-state index in [9.17, 15) is 4.79 Å². The van der Waals surface area contributed by atoms with Crippen molar-refractivity contribution in [2.24, 2.45) is 5.73 Å². The van der Waals surface area contributed by atoms with Crippen molar-refractivity contribution in [2.75, 3.05) is 14.2 Å². The molecule has 1 aromatic carbocycles. The van der Waals surface area contributed by atoms with Gasteiger partial charge in [-0.15, -0.1) is 0 Å². The van der Waals surface area contributed by atoms with Gasteiger partial charge >= 0.3 is 0 Å². The van der Waals surface area contributed by atoms with E-state index >= 15 is 0 Å². The van der Waals surface area contributed by atoms with Crippen molar-refractivity contribution in [3.63, 3.8) is 0 Å². The zero-order valence-corrected chi connectivity index (χ0v) is 13.6. The molecule has 1 aromatic rings. The summed E-state index contributed by atoms with van der Waals surface area (Å²) in [5, 5.41) is 3.04. The van der Waals surface area contributed by atoms with E-state index in [1.807, 2.05) is 25.1 Å². The van der Waals surface area contributed by atoms with Gasteiger partial charge in [0.15, 0.2) is 11.5 Å². The SMILES string of the molecule is COc1ccc(CC(C)NC(=O)C2(N)CCCC2)cc1OC. The number of benzene rings is 1. The molecule has 0 radical (unpaired) electrons. The first-order chi connectivity index (χ1) is 10.5. The standard InChI is InChI=1S/C17H26N2O3/c1-12(19-16(20)17(18)8-4-5-9-17)10-13-6-7-14(21-2)15(11-13)22-3/h6-7,11-12H,4-5,8-10,18H2,1-3H3,(H,19,20).